The first-order valence-corrected chi connectivity index (χ1v) is 10.5. The van der Waals surface area contributed by atoms with Gasteiger partial charge in [-0.25, -0.2) is 8.42 Å². The van der Waals surface area contributed by atoms with E-state index >= 15 is 0 Å². The van der Waals surface area contributed by atoms with Crippen LogP contribution in [0.5, 0.6) is 5.75 Å². The van der Waals surface area contributed by atoms with E-state index in [2.05, 4.69) is 5.32 Å². The molecule has 2 aromatic rings. The second-order valence-corrected chi connectivity index (χ2v) is 8.44. The van der Waals surface area contributed by atoms with E-state index in [0.29, 0.717) is 11.3 Å². The first-order valence-electron chi connectivity index (χ1n) is 8.69. The molecule has 0 fully saturated rings. The number of nitro benzene ring substituents is 1. The van der Waals surface area contributed by atoms with Gasteiger partial charge >= 0.3 is 0 Å². The highest BCUT2D eigenvalue weighted by molar-refractivity contribution is 7.92. The van der Waals surface area contributed by atoms with Gasteiger partial charge < -0.3 is 10.1 Å². The molecule has 1 unspecified atom stereocenters. The van der Waals surface area contributed by atoms with Gasteiger partial charge in [-0.2, -0.15) is 0 Å². The zero-order valence-corrected chi connectivity index (χ0v) is 17.4. The second kappa shape index (κ2) is 8.91. The SMILES string of the molecule is COc1ccccc1C(C)NC(=O)CN(c1cc([N+](=O)[O-])ccc1C)S(C)(=O)=O. The maximum Gasteiger partial charge on any atom is 0.271 e. The summed E-state index contributed by atoms with van der Waals surface area (Å²) in [6, 6.07) is 10.6. The molecule has 1 amide bonds. The molecule has 0 aliphatic heterocycles. The average molecular weight is 421 g/mol. The van der Waals surface area contributed by atoms with Crippen LogP contribution in [0, 0.1) is 17.0 Å². The Labute approximate surface area is 169 Å². The lowest BCUT2D eigenvalue weighted by molar-refractivity contribution is -0.384. The number of nitrogens with zero attached hydrogens (tertiary/aromatic N) is 2. The predicted octanol–water partition coefficient (Wildman–Crippen LogP) is 2.56. The van der Waals surface area contributed by atoms with Gasteiger partial charge in [0.15, 0.2) is 0 Å². The maximum absolute atomic E-state index is 12.6. The van der Waals surface area contributed by atoms with E-state index < -0.39 is 33.4 Å². The molecule has 2 aromatic carbocycles. The lowest BCUT2D eigenvalue weighted by Crippen LogP contribution is -2.41. The number of methoxy groups -OCH3 is 1. The van der Waals surface area contributed by atoms with Crippen molar-refractivity contribution in [2.45, 2.75) is 19.9 Å². The first kappa shape index (κ1) is 22.2. The number of rotatable bonds is 8. The number of carbonyl (C=O) groups is 1. The standard InChI is InChI=1S/C19H23N3O6S/c1-13-9-10-15(22(24)25)11-17(13)21(29(4,26)27)12-19(23)20-14(2)16-7-5-6-8-18(16)28-3/h5-11,14H,12H2,1-4H3,(H,20,23). The molecule has 0 aromatic heterocycles. The molecule has 0 aliphatic rings. The largest absolute Gasteiger partial charge is 0.496 e. The van der Waals surface area contributed by atoms with Crippen LogP contribution < -0.4 is 14.4 Å². The van der Waals surface area contributed by atoms with Crippen molar-refractivity contribution in [1.82, 2.24) is 5.32 Å². The van der Waals surface area contributed by atoms with Crippen LogP contribution in [0.25, 0.3) is 0 Å². The van der Waals surface area contributed by atoms with Crippen molar-refractivity contribution in [3.63, 3.8) is 0 Å². The number of hydrogen-bond acceptors (Lipinski definition) is 6. The number of para-hydroxylation sites is 1. The highest BCUT2D eigenvalue weighted by atomic mass is 32.2. The Kier molecular flexibility index (Phi) is 6.80. The third-order valence-corrected chi connectivity index (χ3v) is 5.47. The molecule has 0 saturated heterocycles. The van der Waals surface area contributed by atoms with Crippen molar-refractivity contribution in [1.29, 1.82) is 0 Å². The highest BCUT2D eigenvalue weighted by Gasteiger charge is 2.25. The van der Waals surface area contributed by atoms with Crippen molar-refractivity contribution >= 4 is 27.3 Å². The van der Waals surface area contributed by atoms with Crippen molar-refractivity contribution in [2.24, 2.45) is 0 Å². The van der Waals surface area contributed by atoms with Gasteiger partial charge in [-0.15, -0.1) is 0 Å². The van der Waals surface area contributed by atoms with Crippen LogP contribution >= 0.6 is 0 Å². The monoisotopic (exact) mass is 421 g/mol. The maximum atomic E-state index is 12.6. The van der Waals surface area contributed by atoms with Crippen LogP contribution in [0.2, 0.25) is 0 Å². The summed E-state index contributed by atoms with van der Waals surface area (Å²) in [4.78, 5) is 23.0. The second-order valence-electron chi connectivity index (χ2n) is 6.53. The number of amides is 1. The van der Waals surface area contributed by atoms with Gasteiger partial charge in [0, 0.05) is 17.7 Å². The van der Waals surface area contributed by atoms with Gasteiger partial charge in [-0.05, 0) is 25.5 Å². The average Bonchev–Trinajstić information content (AvgIpc) is 2.65. The van der Waals surface area contributed by atoms with E-state index in [0.717, 1.165) is 22.2 Å². The molecule has 29 heavy (non-hydrogen) atoms. The Bertz CT molecular complexity index is 1020. The molecule has 0 spiro atoms. The Hall–Kier alpha value is -3.14. The minimum atomic E-state index is -3.87. The fourth-order valence-corrected chi connectivity index (χ4v) is 3.79. The summed E-state index contributed by atoms with van der Waals surface area (Å²) in [5.74, 6) is 0.0366. The molecule has 0 aliphatic carbocycles. The fourth-order valence-electron chi connectivity index (χ4n) is 2.88. The molecule has 0 radical (unpaired) electrons. The van der Waals surface area contributed by atoms with E-state index in [1.54, 1.807) is 38.1 Å². The minimum absolute atomic E-state index is 0.0850. The Balaban J connectivity index is 2.29. The van der Waals surface area contributed by atoms with Crippen LogP contribution in [-0.2, 0) is 14.8 Å². The summed E-state index contributed by atoms with van der Waals surface area (Å²) >= 11 is 0. The Morgan fingerprint density at radius 1 is 1.28 bits per heavy atom. The molecule has 9 nitrogen and oxygen atoms in total. The summed E-state index contributed by atoms with van der Waals surface area (Å²) in [5.41, 5.74) is 1.05. The van der Waals surface area contributed by atoms with Crippen molar-refractivity contribution in [3.05, 3.63) is 63.7 Å². The van der Waals surface area contributed by atoms with E-state index in [9.17, 15) is 23.3 Å². The Morgan fingerprint density at radius 3 is 2.52 bits per heavy atom. The normalized spacial score (nSPS) is 12.1. The van der Waals surface area contributed by atoms with E-state index in [1.807, 2.05) is 0 Å². The molecular weight excluding hydrogens is 398 g/mol. The van der Waals surface area contributed by atoms with Gasteiger partial charge in [0.2, 0.25) is 15.9 Å². The number of nitrogens with one attached hydrogen (secondary N) is 1. The quantitative estimate of drug-likeness (QED) is 0.517. The molecule has 1 N–H and O–H groups in total. The molecule has 0 heterocycles. The number of carbonyl (C=O) groups excluding carboxylic acids is 1. The number of aryl methyl sites for hydroxylation is 1. The number of non-ortho nitro benzene ring substituents is 1. The third-order valence-electron chi connectivity index (χ3n) is 4.34. The third kappa shape index (κ3) is 5.44. The van der Waals surface area contributed by atoms with Crippen molar-refractivity contribution < 1.29 is 22.9 Å². The Morgan fingerprint density at radius 2 is 1.93 bits per heavy atom. The molecule has 2 rings (SSSR count). The lowest BCUT2D eigenvalue weighted by Gasteiger charge is -2.25. The number of nitro groups is 1. The zero-order chi connectivity index (χ0) is 21.8. The zero-order valence-electron chi connectivity index (χ0n) is 16.6. The molecule has 0 saturated carbocycles. The van der Waals surface area contributed by atoms with Gasteiger partial charge in [0.25, 0.3) is 5.69 Å². The van der Waals surface area contributed by atoms with Gasteiger partial charge in [-0.3, -0.25) is 19.2 Å². The summed E-state index contributed by atoms with van der Waals surface area (Å²) in [5, 5.41) is 13.8. The van der Waals surface area contributed by atoms with Crippen LogP contribution in [0.1, 0.15) is 24.1 Å². The molecule has 1 atom stereocenters. The van der Waals surface area contributed by atoms with Gasteiger partial charge in [-0.1, -0.05) is 24.3 Å². The van der Waals surface area contributed by atoms with Crippen LogP contribution in [0.4, 0.5) is 11.4 Å². The predicted molar refractivity (Wildman–Crippen MR) is 110 cm³/mol. The highest BCUT2D eigenvalue weighted by Crippen LogP contribution is 2.28. The van der Waals surface area contributed by atoms with Crippen molar-refractivity contribution in [2.75, 3.05) is 24.2 Å². The van der Waals surface area contributed by atoms with Gasteiger partial charge in [0.1, 0.15) is 12.3 Å². The lowest BCUT2D eigenvalue weighted by atomic mass is 10.1. The summed E-state index contributed by atoms with van der Waals surface area (Å²) in [7, 11) is -2.35. The van der Waals surface area contributed by atoms with E-state index in [-0.39, 0.29) is 11.4 Å². The van der Waals surface area contributed by atoms with Gasteiger partial charge in [0.05, 0.1) is 30.0 Å². The first-order chi connectivity index (χ1) is 13.5. The number of benzene rings is 2. The van der Waals surface area contributed by atoms with E-state index in [1.165, 1.54) is 19.2 Å². The topological polar surface area (TPSA) is 119 Å². The summed E-state index contributed by atoms with van der Waals surface area (Å²) in [6.07, 6.45) is 0.947. The molecule has 156 valence electrons. The number of hydrogen-bond donors (Lipinski definition) is 1. The summed E-state index contributed by atoms with van der Waals surface area (Å²) in [6.45, 7) is 2.85. The van der Waals surface area contributed by atoms with Crippen LogP contribution in [-0.4, -0.2) is 39.2 Å². The number of sulfonamides is 1. The molecular formula is C19H23N3O6S. The van der Waals surface area contributed by atoms with Crippen LogP contribution in [0.3, 0.4) is 0 Å². The number of ether oxygens (including phenoxy) is 1. The minimum Gasteiger partial charge on any atom is -0.496 e. The van der Waals surface area contributed by atoms with Crippen LogP contribution in [0.15, 0.2) is 42.5 Å². The van der Waals surface area contributed by atoms with Crippen molar-refractivity contribution in [3.8, 4) is 5.75 Å². The van der Waals surface area contributed by atoms with E-state index in [4.69, 9.17) is 4.74 Å². The molecule has 10 heteroatoms. The summed E-state index contributed by atoms with van der Waals surface area (Å²) < 4.78 is 30.8. The fraction of sp³-hybridized carbons (Fsp3) is 0.316. The molecule has 0 bridgehead atoms. The smallest absolute Gasteiger partial charge is 0.271 e. The number of anilines is 1.